The number of nitrogens with zero attached hydrogens (tertiary/aromatic N) is 3. The Bertz CT molecular complexity index is 2780. The molecule has 0 aliphatic carbocycles. The van der Waals surface area contributed by atoms with Crippen molar-refractivity contribution in [3.05, 3.63) is 163 Å². The van der Waals surface area contributed by atoms with Gasteiger partial charge in [-0.2, -0.15) is 0 Å². The van der Waals surface area contributed by atoms with Gasteiger partial charge in [0, 0.05) is 43.3 Å². The van der Waals surface area contributed by atoms with Gasteiger partial charge in [-0.15, -0.1) is 54.1 Å². The zero-order valence-corrected chi connectivity index (χ0v) is 35.8. The van der Waals surface area contributed by atoms with Crippen LogP contribution in [0.2, 0.25) is 19.6 Å². The summed E-state index contributed by atoms with van der Waals surface area (Å²) in [6, 6.07) is 53.2. The molecule has 3 heterocycles. The number of pyridine rings is 1. The number of fused-ring (bicyclic) bond motifs is 4. The average molecular weight is 926 g/mol. The molecule has 0 bridgehead atoms. The standard InChI is InChI=1S/C35H27N2O2.C14H16NSi.Ir/c1-35(2,3)28-17-10-14-24(22-11-5-4-6-12-22)32(28)37-30-21-23(38)19-20-29(30)36-34(37)27-16-9-15-26-25-13-7-8-18-31(25)39-33(26)27;1-16(2,3)13-9-10-14(15-11-13)12-7-5-4-6-8-12;/h4-15,17-21,38H,1-3H3;4-7,9-11H,1-3H3;/q2*-1;. The molecule has 0 saturated carbocycles. The summed E-state index contributed by atoms with van der Waals surface area (Å²) in [4.78, 5) is 9.66. The van der Waals surface area contributed by atoms with Gasteiger partial charge in [0.1, 0.15) is 11.3 Å². The summed E-state index contributed by atoms with van der Waals surface area (Å²) in [6.07, 6.45) is 2.02. The van der Waals surface area contributed by atoms with E-state index in [1.807, 2.05) is 72.9 Å². The van der Waals surface area contributed by atoms with Gasteiger partial charge in [0.25, 0.3) is 0 Å². The predicted octanol–water partition coefficient (Wildman–Crippen LogP) is 12.2. The minimum Gasteiger partial charge on any atom is -0.508 e. The topological polar surface area (TPSA) is 64.1 Å². The number of aromatic hydroxyl groups is 1. The van der Waals surface area contributed by atoms with Crippen molar-refractivity contribution in [2.24, 2.45) is 0 Å². The first-order valence-corrected chi connectivity index (χ1v) is 22.1. The van der Waals surface area contributed by atoms with Crippen molar-refractivity contribution in [3.8, 4) is 45.2 Å². The molecule has 56 heavy (non-hydrogen) atoms. The average Bonchev–Trinajstić information content (AvgIpc) is 3.76. The van der Waals surface area contributed by atoms with Crippen LogP contribution < -0.4 is 5.19 Å². The molecule has 1 N–H and O–H groups in total. The van der Waals surface area contributed by atoms with Crippen molar-refractivity contribution < 1.29 is 29.6 Å². The number of aromatic nitrogens is 3. The zero-order chi connectivity index (χ0) is 38.3. The SMILES string of the molecule is CC(C)(C)c1cccc(-c2ccccc2)c1-n1c(-c2[c-]ccc3c2oc2ccccc23)nc2ccc(O)cc21.C[Si](C)(C)c1ccc(-c2[c-]cccc2)nc1.[Ir]. The van der Waals surface area contributed by atoms with E-state index in [9.17, 15) is 5.11 Å². The second kappa shape index (κ2) is 15.5. The van der Waals surface area contributed by atoms with E-state index in [4.69, 9.17) is 9.40 Å². The van der Waals surface area contributed by atoms with Gasteiger partial charge in [0.05, 0.1) is 36.2 Å². The number of phenols is 1. The zero-order valence-electron chi connectivity index (χ0n) is 32.4. The molecule has 0 spiro atoms. The van der Waals surface area contributed by atoms with Crippen molar-refractivity contribution in [1.29, 1.82) is 0 Å². The van der Waals surface area contributed by atoms with Crippen LogP contribution in [0.4, 0.5) is 0 Å². The van der Waals surface area contributed by atoms with Crippen LogP contribution in [0.15, 0.2) is 150 Å². The van der Waals surface area contributed by atoms with Crippen LogP contribution in [0.3, 0.4) is 0 Å². The molecule has 3 aromatic heterocycles. The first-order chi connectivity index (χ1) is 26.5. The van der Waals surface area contributed by atoms with Crippen LogP contribution in [0.25, 0.3) is 72.4 Å². The number of imidazole rings is 1. The molecule has 6 aromatic carbocycles. The van der Waals surface area contributed by atoms with Gasteiger partial charge >= 0.3 is 0 Å². The molecule has 0 atom stereocenters. The third-order valence-corrected chi connectivity index (χ3v) is 12.0. The quantitative estimate of drug-likeness (QED) is 0.138. The molecule has 0 saturated heterocycles. The maximum Gasteiger partial charge on any atom is 0.120 e. The van der Waals surface area contributed by atoms with E-state index in [0.717, 1.165) is 66.6 Å². The molecule has 0 unspecified atom stereocenters. The third-order valence-electron chi connectivity index (χ3n) is 9.97. The number of hydrogen-bond acceptors (Lipinski definition) is 4. The third kappa shape index (κ3) is 7.50. The molecule has 0 fully saturated rings. The minimum atomic E-state index is -1.23. The Hall–Kier alpha value is -5.59. The van der Waals surface area contributed by atoms with E-state index in [0.29, 0.717) is 5.82 Å². The first kappa shape index (κ1) is 38.7. The molecule has 1 radical (unpaired) electrons. The van der Waals surface area contributed by atoms with E-state index in [2.05, 4.69) is 123 Å². The first-order valence-electron chi connectivity index (χ1n) is 18.6. The normalized spacial score (nSPS) is 11.7. The Morgan fingerprint density at radius 3 is 2.21 bits per heavy atom. The summed E-state index contributed by atoms with van der Waals surface area (Å²) in [6.45, 7) is 13.7. The van der Waals surface area contributed by atoms with Gasteiger partial charge in [-0.05, 0) is 45.6 Å². The fraction of sp³-hybridized carbons (Fsp3) is 0.143. The summed E-state index contributed by atoms with van der Waals surface area (Å²) >= 11 is 0. The van der Waals surface area contributed by atoms with Gasteiger partial charge < -0.3 is 19.1 Å². The molecule has 0 aliphatic heterocycles. The maximum absolute atomic E-state index is 10.6. The summed E-state index contributed by atoms with van der Waals surface area (Å²) in [5.41, 5.74) is 10.2. The van der Waals surface area contributed by atoms with Gasteiger partial charge in [0.2, 0.25) is 0 Å². The Labute approximate surface area is 343 Å². The van der Waals surface area contributed by atoms with Crippen molar-refractivity contribution in [2.45, 2.75) is 45.8 Å². The summed E-state index contributed by atoms with van der Waals surface area (Å²) in [5.74, 6) is 0.907. The van der Waals surface area contributed by atoms with Gasteiger partial charge in [-0.3, -0.25) is 4.98 Å². The van der Waals surface area contributed by atoms with Crippen LogP contribution in [-0.2, 0) is 25.5 Å². The van der Waals surface area contributed by atoms with E-state index < -0.39 is 8.07 Å². The molecule has 0 amide bonds. The van der Waals surface area contributed by atoms with Crippen molar-refractivity contribution in [1.82, 2.24) is 14.5 Å². The van der Waals surface area contributed by atoms with Crippen LogP contribution in [0.5, 0.6) is 5.75 Å². The summed E-state index contributed by atoms with van der Waals surface area (Å²) in [5, 5.41) is 14.1. The van der Waals surface area contributed by atoms with Crippen LogP contribution in [0, 0.1) is 12.1 Å². The largest absolute Gasteiger partial charge is 0.508 e. The van der Waals surface area contributed by atoms with E-state index >= 15 is 0 Å². The van der Waals surface area contributed by atoms with E-state index in [1.54, 1.807) is 12.1 Å². The van der Waals surface area contributed by atoms with Crippen LogP contribution in [-0.4, -0.2) is 27.7 Å². The smallest absolute Gasteiger partial charge is 0.120 e. The number of rotatable bonds is 5. The fourth-order valence-electron chi connectivity index (χ4n) is 7.10. The second-order valence-corrected chi connectivity index (χ2v) is 21.0. The Morgan fingerprint density at radius 2 is 1.50 bits per heavy atom. The number of hydrogen-bond donors (Lipinski definition) is 1. The van der Waals surface area contributed by atoms with Crippen molar-refractivity contribution >= 4 is 46.2 Å². The molecular formula is C49H43IrN3O2Si-2. The summed E-state index contributed by atoms with van der Waals surface area (Å²) < 4.78 is 8.60. The molecule has 0 aliphatic rings. The number of benzene rings is 6. The van der Waals surface area contributed by atoms with Crippen molar-refractivity contribution in [2.75, 3.05) is 0 Å². The second-order valence-electron chi connectivity index (χ2n) is 15.9. The monoisotopic (exact) mass is 926 g/mol. The van der Waals surface area contributed by atoms with E-state index in [1.165, 1.54) is 10.8 Å². The van der Waals surface area contributed by atoms with Gasteiger partial charge in [0.15, 0.2) is 0 Å². The van der Waals surface area contributed by atoms with Crippen LogP contribution in [0.1, 0.15) is 26.3 Å². The van der Waals surface area contributed by atoms with E-state index in [-0.39, 0.29) is 31.3 Å². The number of phenolic OH excluding ortho intramolecular Hbond substituents is 1. The molecule has 281 valence electrons. The van der Waals surface area contributed by atoms with Gasteiger partial charge in [-0.25, -0.2) is 0 Å². The van der Waals surface area contributed by atoms with Gasteiger partial charge in [-0.1, -0.05) is 130 Å². The molecule has 5 nitrogen and oxygen atoms in total. The molecule has 9 rings (SSSR count). The molecular weight excluding hydrogens is 883 g/mol. The summed E-state index contributed by atoms with van der Waals surface area (Å²) in [7, 11) is -1.23. The Morgan fingerprint density at radius 1 is 0.732 bits per heavy atom. The minimum absolute atomic E-state index is 0. The number of para-hydroxylation sites is 2. The molecule has 7 heteroatoms. The molecule has 9 aromatic rings. The van der Waals surface area contributed by atoms with Crippen LogP contribution >= 0.6 is 0 Å². The maximum atomic E-state index is 10.6. The number of furan rings is 1. The predicted molar refractivity (Wildman–Crippen MR) is 230 cm³/mol. The fourth-order valence-corrected chi connectivity index (χ4v) is 8.14. The Kier molecular flexibility index (Phi) is 10.7. The Balaban J connectivity index is 0.000000238. The van der Waals surface area contributed by atoms with Crippen molar-refractivity contribution in [3.63, 3.8) is 0 Å².